The average Bonchev–Trinajstić information content (AvgIpc) is 2.27. The van der Waals surface area contributed by atoms with E-state index in [-0.39, 0.29) is 10.8 Å². The van der Waals surface area contributed by atoms with E-state index in [1.807, 2.05) is 13.8 Å². The van der Waals surface area contributed by atoms with Gasteiger partial charge in [-0.1, -0.05) is 13.8 Å². The van der Waals surface area contributed by atoms with Crippen molar-refractivity contribution in [2.75, 3.05) is 11.6 Å². The normalized spacial score (nSPS) is 13.3. The second-order valence-corrected chi connectivity index (χ2v) is 6.83. The number of carboxylic acids is 1. The van der Waals surface area contributed by atoms with Gasteiger partial charge in [-0.15, -0.1) is 0 Å². The Hall–Kier alpha value is -1.63. The molecular weight excluding hydrogens is 268 g/mol. The topological polar surface area (TPSA) is 96.4 Å². The highest BCUT2D eigenvalue weighted by atomic mass is 32.2. The van der Waals surface area contributed by atoms with E-state index >= 15 is 0 Å². The lowest BCUT2D eigenvalue weighted by atomic mass is 10.0. The summed E-state index contributed by atoms with van der Waals surface area (Å²) in [7, 11) is -3.29. The van der Waals surface area contributed by atoms with Gasteiger partial charge in [-0.05, 0) is 24.5 Å². The number of carboxylic acid groups (broad SMARTS) is 1. The number of anilines is 1. The zero-order valence-corrected chi connectivity index (χ0v) is 11.9. The summed E-state index contributed by atoms with van der Waals surface area (Å²) in [6.45, 7) is 3.86. The summed E-state index contributed by atoms with van der Waals surface area (Å²) in [5.74, 6) is -0.382. The maximum absolute atomic E-state index is 11.3. The van der Waals surface area contributed by atoms with Gasteiger partial charge in [-0.3, -0.25) is 0 Å². The van der Waals surface area contributed by atoms with Crippen LogP contribution in [0.15, 0.2) is 23.2 Å². The number of hydrogen-bond donors (Lipinski definition) is 2. The van der Waals surface area contributed by atoms with Crippen molar-refractivity contribution in [1.82, 2.24) is 4.98 Å². The molecule has 1 rings (SSSR count). The molecule has 1 atom stereocenters. The predicted molar refractivity (Wildman–Crippen MR) is 71.8 cm³/mol. The van der Waals surface area contributed by atoms with Crippen LogP contribution >= 0.6 is 0 Å². The minimum atomic E-state index is -3.29. The van der Waals surface area contributed by atoms with Gasteiger partial charge in [-0.25, -0.2) is 18.2 Å². The third-order valence-corrected chi connectivity index (χ3v) is 3.59. The van der Waals surface area contributed by atoms with Crippen LogP contribution < -0.4 is 5.32 Å². The van der Waals surface area contributed by atoms with Crippen LogP contribution in [0.25, 0.3) is 0 Å². The molecule has 0 amide bonds. The first-order valence-electron chi connectivity index (χ1n) is 5.85. The van der Waals surface area contributed by atoms with Gasteiger partial charge in [0, 0.05) is 12.5 Å². The Labute approximate surface area is 112 Å². The van der Waals surface area contributed by atoms with Crippen LogP contribution in [0.2, 0.25) is 0 Å². The molecule has 0 aliphatic rings. The van der Waals surface area contributed by atoms with Gasteiger partial charge in [-0.2, -0.15) is 0 Å². The van der Waals surface area contributed by atoms with E-state index in [1.165, 1.54) is 18.3 Å². The van der Waals surface area contributed by atoms with Crippen molar-refractivity contribution < 1.29 is 18.3 Å². The van der Waals surface area contributed by atoms with E-state index in [0.717, 1.165) is 6.26 Å². The quantitative estimate of drug-likeness (QED) is 0.820. The fourth-order valence-corrected chi connectivity index (χ4v) is 2.12. The first kappa shape index (κ1) is 15.4. The maximum Gasteiger partial charge on any atom is 0.326 e. The Kier molecular flexibility index (Phi) is 4.88. The minimum absolute atomic E-state index is 0.105. The number of pyridine rings is 1. The molecule has 1 aromatic rings. The second kappa shape index (κ2) is 6.01. The summed E-state index contributed by atoms with van der Waals surface area (Å²) in [5.41, 5.74) is 0. The number of nitrogens with zero attached hydrogens (tertiary/aromatic N) is 1. The SMILES string of the molecule is CC(C)C[C@@H](Nc1ccc(S(C)(=O)=O)cn1)C(=O)O. The molecule has 106 valence electrons. The van der Waals surface area contributed by atoms with Crippen molar-refractivity contribution >= 4 is 21.6 Å². The molecule has 0 fully saturated rings. The van der Waals surface area contributed by atoms with Crippen molar-refractivity contribution in [1.29, 1.82) is 0 Å². The lowest BCUT2D eigenvalue weighted by Gasteiger charge is -2.16. The number of aliphatic carboxylic acids is 1. The summed E-state index contributed by atoms with van der Waals surface area (Å²) in [5, 5.41) is 11.9. The number of carbonyl (C=O) groups is 1. The summed E-state index contributed by atoms with van der Waals surface area (Å²) >= 11 is 0. The first-order chi connectivity index (χ1) is 8.70. The lowest BCUT2D eigenvalue weighted by Crippen LogP contribution is -2.31. The van der Waals surface area contributed by atoms with Crippen LogP contribution in [0.4, 0.5) is 5.82 Å². The van der Waals surface area contributed by atoms with Gasteiger partial charge >= 0.3 is 5.97 Å². The molecule has 0 radical (unpaired) electrons. The molecule has 0 unspecified atom stereocenters. The second-order valence-electron chi connectivity index (χ2n) is 4.82. The van der Waals surface area contributed by atoms with Crippen LogP contribution in [0, 0.1) is 5.92 Å². The molecule has 19 heavy (non-hydrogen) atoms. The molecule has 0 spiro atoms. The van der Waals surface area contributed by atoms with Crippen molar-refractivity contribution in [2.45, 2.75) is 31.2 Å². The van der Waals surface area contributed by atoms with E-state index in [4.69, 9.17) is 5.11 Å². The Bertz CT molecular complexity index is 537. The average molecular weight is 286 g/mol. The van der Waals surface area contributed by atoms with Crippen molar-refractivity contribution in [3.8, 4) is 0 Å². The van der Waals surface area contributed by atoms with E-state index < -0.39 is 21.8 Å². The first-order valence-corrected chi connectivity index (χ1v) is 7.74. The van der Waals surface area contributed by atoms with Gasteiger partial charge in [0.2, 0.25) is 0 Å². The van der Waals surface area contributed by atoms with Crippen LogP contribution in [-0.4, -0.2) is 36.8 Å². The zero-order chi connectivity index (χ0) is 14.6. The summed E-state index contributed by atoms with van der Waals surface area (Å²) in [6, 6.07) is 2.13. The monoisotopic (exact) mass is 286 g/mol. The highest BCUT2D eigenvalue weighted by molar-refractivity contribution is 7.90. The molecule has 0 bridgehead atoms. The number of hydrogen-bond acceptors (Lipinski definition) is 5. The van der Waals surface area contributed by atoms with Crippen LogP contribution in [0.1, 0.15) is 20.3 Å². The summed E-state index contributed by atoms with van der Waals surface area (Å²) in [4.78, 5) is 15.1. The zero-order valence-electron chi connectivity index (χ0n) is 11.1. The van der Waals surface area contributed by atoms with E-state index in [1.54, 1.807) is 0 Å². The Morgan fingerprint density at radius 2 is 2.05 bits per heavy atom. The molecular formula is C12H18N2O4S. The van der Waals surface area contributed by atoms with Gasteiger partial charge in [0.25, 0.3) is 0 Å². The largest absolute Gasteiger partial charge is 0.480 e. The highest BCUT2D eigenvalue weighted by Gasteiger charge is 2.19. The van der Waals surface area contributed by atoms with Crippen LogP contribution in [0.5, 0.6) is 0 Å². The Morgan fingerprint density at radius 3 is 2.42 bits per heavy atom. The Balaban J connectivity index is 2.84. The van der Waals surface area contributed by atoms with Gasteiger partial charge in [0.05, 0.1) is 4.90 Å². The third kappa shape index (κ3) is 4.86. The number of sulfone groups is 1. The molecule has 2 N–H and O–H groups in total. The molecule has 1 heterocycles. The third-order valence-electron chi connectivity index (χ3n) is 2.49. The van der Waals surface area contributed by atoms with Gasteiger partial charge in [0.1, 0.15) is 11.9 Å². The van der Waals surface area contributed by atoms with Crippen LogP contribution in [-0.2, 0) is 14.6 Å². The lowest BCUT2D eigenvalue weighted by molar-refractivity contribution is -0.138. The van der Waals surface area contributed by atoms with Crippen molar-refractivity contribution in [2.24, 2.45) is 5.92 Å². The van der Waals surface area contributed by atoms with Crippen molar-refractivity contribution in [3.63, 3.8) is 0 Å². The number of rotatable bonds is 6. The standard InChI is InChI=1S/C12H18N2O4S/c1-8(2)6-10(12(15)16)14-11-5-4-9(7-13-11)19(3,17)18/h4-5,7-8,10H,6H2,1-3H3,(H,13,14)(H,15,16)/t10-/m1/s1. The summed E-state index contributed by atoms with van der Waals surface area (Å²) in [6.07, 6.45) is 2.77. The molecule has 0 aliphatic carbocycles. The molecule has 6 nitrogen and oxygen atoms in total. The van der Waals surface area contributed by atoms with Crippen LogP contribution in [0.3, 0.4) is 0 Å². The molecule has 0 aromatic carbocycles. The summed E-state index contributed by atoms with van der Waals surface area (Å²) < 4.78 is 22.5. The Morgan fingerprint density at radius 1 is 1.42 bits per heavy atom. The predicted octanol–water partition coefficient (Wildman–Crippen LogP) is 1.40. The van der Waals surface area contributed by atoms with E-state index in [0.29, 0.717) is 12.2 Å². The minimum Gasteiger partial charge on any atom is -0.480 e. The maximum atomic E-state index is 11.3. The van der Waals surface area contributed by atoms with E-state index in [2.05, 4.69) is 10.3 Å². The fourth-order valence-electron chi connectivity index (χ4n) is 1.56. The highest BCUT2D eigenvalue weighted by Crippen LogP contribution is 2.14. The number of aromatic nitrogens is 1. The molecule has 0 saturated heterocycles. The van der Waals surface area contributed by atoms with Crippen molar-refractivity contribution in [3.05, 3.63) is 18.3 Å². The molecule has 1 aromatic heterocycles. The van der Waals surface area contributed by atoms with E-state index in [9.17, 15) is 13.2 Å². The molecule has 0 aliphatic heterocycles. The number of nitrogens with one attached hydrogen (secondary N) is 1. The smallest absolute Gasteiger partial charge is 0.326 e. The van der Waals surface area contributed by atoms with Gasteiger partial charge < -0.3 is 10.4 Å². The molecule has 7 heteroatoms. The fraction of sp³-hybridized carbons (Fsp3) is 0.500. The molecule has 0 saturated carbocycles. The van der Waals surface area contributed by atoms with Gasteiger partial charge in [0.15, 0.2) is 9.84 Å².